The lowest BCUT2D eigenvalue weighted by Crippen LogP contribution is -2.50. The first-order chi connectivity index (χ1) is 7.24. The molecule has 0 aromatic rings. The van der Waals surface area contributed by atoms with Crippen molar-refractivity contribution in [3.63, 3.8) is 0 Å². The van der Waals surface area contributed by atoms with Gasteiger partial charge in [-0.15, -0.1) is 0 Å². The summed E-state index contributed by atoms with van der Waals surface area (Å²) in [7, 11) is 1.54. The van der Waals surface area contributed by atoms with Gasteiger partial charge in [0, 0.05) is 26.2 Å². The molecule has 15 heavy (non-hydrogen) atoms. The quantitative estimate of drug-likeness (QED) is 0.751. The molecule has 2 atom stereocenters. The molecule has 0 radical (unpaired) electrons. The number of methoxy groups -OCH3 is 1. The molecular weight excluding hydrogens is 192 g/mol. The number of nitrogens with two attached hydrogens (primary N) is 1. The van der Waals surface area contributed by atoms with E-state index >= 15 is 0 Å². The van der Waals surface area contributed by atoms with E-state index in [9.17, 15) is 4.79 Å². The number of hydrogen-bond acceptors (Lipinski definition) is 3. The third kappa shape index (κ3) is 2.92. The number of amides is 1. The Morgan fingerprint density at radius 3 is 2.87 bits per heavy atom. The maximum Gasteiger partial charge on any atom is 0.253 e. The van der Waals surface area contributed by atoms with Crippen LogP contribution in [0.2, 0.25) is 0 Å². The molecule has 1 fully saturated rings. The van der Waals surface area contributed by atoms with Crippen LogP contribution in [0.4, 0.5) is 0 Å². The van der Waals surface area contributed by atoms with Gasteiger partial charge in [-0.1, -0.05) is 6.92 Å². The highest BCUT2D eigenvalue weighted by molar-refractivity contribution is 5.81. The van der Waals surface area contributed by atoms with Gasteiger partial charge in [0.2, 0.25) is 0 Å². The Kier molecular flexibility index (Phi) is 5.05. The average Bonchev–Trinajstić information content (AvgIpc) is 2.30. The lowest BCUT2D eigenvalue weighted by atomic mass is 9.99. The Bertz CT molecular complexity index is 205. The predicted molar refractivity (Wildman–Crippen MR) is 59.5 cm³/mol. The summed E-state index contributed by atoms with van der Waals surface area (Å²) >= 11 is 0. The van der Waals surface area contributed by atoms with E-state index in [2.05, 4.69) is 6.92 Å². The lowest BCUT2D eigenvalue weighted by molar-refractivity contribution is -0.145. The zero-order chi connectivity index (χ0) is 11.3. The fraction of sp³-hybridized carbons (Fsp3) is 0.909. The zero-order valence-electron chi connectivity index (χ0n) is 9.74. The summed E-state index contributed by atoms with van der Waals surface area (Å²) in [5, 5.41) is 0. The van der Waals surface area contributed by atoms with Crippen molar-refractivity contribution in [1.82, 2.24) is 4.90 Å². The summed E-state index contributed by atoms with van der Waals surface area (Å²) in [4.78, 5) is 14.0. The van der Waals surface area contributed by atoms with Crippen LogP contribution in [0, 0.1) is 0 Å². The van der Waals surface area contributed by atoms with Crippen LogP contribution in [-0.4, -0.2) is 43.2 Å². The van der Waals surface area contributed by atoms with Crippen molar-refractivity contribution in [2.24, 2.45) is 5.73 Å². The van der Waals surface area contributed by atoms with E-state index in [1.807, 2.05) is 4.90 Å². The van der Waals surface area contributed by atoms with Gasteiger partial charge in [0.15, 0.2) is 0 Å². The molecule has 1 rings (SSSR count). The maximum absolute atomic E-state index is 12.1. The molecule has 1 amide bonds. The number of carbonyl (C=O) groups excluding carboxylic acids is 1. The van der Waals surface area contributed by atoms with E-state index in [0.29, 0.717) is 6.04 Å². The fourth-order valence-corrected chi connectivity index (χ4v) is 2.20. The van der Waals surface area contributed by atoms with Crippen molar-refractivity contribution in [1.29, 1.82) is 0 Å². The van der Waals surface area contributed by atoms with E-state index in [0.717, 1.165) is 25.8 Å². The molecule has 1 aliphatic rings. The van der Waals surface area contributed by atoms with Crippen molar-refractivity contribution < 1.29 is 9.53 Å². The van der Waals surface area contributed by atoms with Crippen molar-refractivity contribution in [3.8, 4) is 0 Å². The van der Waals surface area contributed by atoms with Crippen molar-refractivity contribution in [2.45, 2.75) is 44.8 Å². The second kappa shape index (κ2) is 6.08. The molecule has 2 unspecified atom stereocenters. The van der Waals surface area contributed by atoms with Crippen LogP contribution in [0.15, 0.2) is 0 Å². The van der Waals surface area contributed by atoms with Gasteiger partial charge in [-0.25, -0.2) is 0 Å². The minimum Gasteiger partial charge on any atom is -0.370 e. The van der Waals surface area contributed by atoms with Crippen molar-refractivity contribution in [2.75, 3.05) is 20.2 Å². The van der Waals surface area contributed by atoms with Gasteiger partial charge < -0.3 is 15.4 Å². The normalized spacial score (nSPS) is 23.9. The molecular formula is C11H22N2O2. The molecule has 0 spiro atoms. The third-order valence-electron chi connectivity index (χ3n) is 3.16. The van der Waals surface area contributed by atoms with Crippen LogP contribution in [0.25, 0.3) is 0 Å². The maximum atomic E-state index is 12.1. The van der Waals surface area contributed by atoms with E-state index in [-0.39, 0.29) is 12.5 Å². The lowest BCUT2D eigenvalue weighted by Gasteiger charge is -2.36. The Morgan fingerprint density at radius 2 is 2.33 bits per heavy atom. The summed E-state index contributed by atoms with van der Waals surface area (Å²) in [6, 6.07) is 0.385. The van der Waals surface area contributed by atoms with E-state index < -0.39 is 6.10 Å². The van der Waals surface area contributed by atoms with Gasteiger partial charge in [0.25, 0.3) is 5.91 Å². The van der Waals surface area contributed by atoms with Gasteiger partial charge in [-0.3, -0.25) is 4.79 Å². The Morgan fingerprint density at radius 1 is 1.60 bits per heavy atom. The molecule has 4 heteroatoms. The molecule has 0 saturated carbocycles. The van der Waals surface area contributed by atoms with E-state index in [1.165, 1.54) is 6.42 Å². The molecule has 0 aliphatic carbocycles. The van der Waals surface area contributed by atoms with E-state index in [1.54, 1.807) is 7.11 Å². The highest BCUT2D eigenvalue weighted by Crippen LogP contribution is 2.20. The number of likely N-dealkylation sites (tertiary alicyclic amines) is 1. The summed E-state index contributed by atoms with van der Waals surface area (Å²) in [5.41, 5.74) is 5.51. The van der Waals surface area contributed by atoms with Crippen LogP contribution in [0.3, 0.4) is 0 Å². The van der Waals surface area contributed by atoms with E-state index in [4.69, 9.17) is 10.5 Å². The average molecular weight is 214 g/mol. The predicted octanol–water partition coefficient (Wildman–Crippen LogP) is 0.751. The number of nitrogens with zero attached hydrogens (tertiary/aromatic N) is 1. The topological polar surface area (TPSA) is 55.6 Å². The summed E-state index contributed by atoms with van der Waals surface area (Å²) < 4.78 is 5.09. The van der Waals surface area contributed by atoms with Crippen LogP contribution in [-0.2, 0) is 9.53 Å². The Hall–Kier alpha value is -0.610. The highest BCUT2D eigenvalue weighted by atomic mass is 16.5. The van der Waals surface area contributed by atoms with Gasteiger partial charge in [-0.2, -0.15) is 0 Å². The first-order valence-corrected chi connectivity index (χ1v) is 5.77. The number of hydrogen-bond donors (Lipinski definition) is 1. The van der Waals surface area contributed by atoms with Crippen molar-refractivity contribution >= 4 is 5.91 Å². The molecule has 0 aromatic heterocycles. The zero-order valence-corrected chi connectivity index (χ0v) is 9.74. The third-order valence-corrected chi connectivity index (χ3v) is 3.16. The first kappa shape index (κ1) is 12.5. The van der Waals surface area contributed by atoms with Crippen LogP contribution in [0.5, 0.6) is 0 Å². The molecule has 1 aliphatic heterocycles. The minimum absolute atomic E-state index is 0.0616. The Labute approximate surface area is 91.8 Å². The first-order valence-electron chi connectivity index (χ1n) is 5.77. The second-order valence-electron chi connectivity index (χ2n) is 4.05. The molecule has 1 heterocycles. The smallest absolute Gasteiger partial charge is 0.253 e. The van der Waals surface area contributed by atoms with Crippen LogP contribution in [0.1, 0.15) is 32.6 Å². The van der Waals surface area contributed by atoms with Gasteiger partial charge in [-0.05, 0) is 25.7 Å². The molecule has 88 valence electrons. The molecule has 2 N–H and O–H groups in total. The number of rotatable bonds is 4. The van der Waals surface area contributed by atoms with Gasteiger partial charge in [0.1, 0.15) is 6.10 Å². The number of piperidine rings is 1. The molecule has 4 nitrogen and oxygen atoms in total. The van der Waals surface area contributed by atoms with Crippen LogP contribution >= 0.6 is 0 Å². The standard InChI is InChI=1S/C11H22N2O2/c1-3-9-6-4-5-7-13(9)11(14)10(8-12)15-2/h9-10H,3-8,12H2,1-2H3. The van der Waals surface area contributed by atoms with Gasteiger partial charge >= 0.3 is 0 Å². The summed E-state index contributed by atoms with van der Waals surface area (Å²) in [6.07, 6.45) is 4.00. The fourth-order valence-electron chi connectivity index (χ4n) is 2.20. The van der Waals surface area contributed by atoms with Gasteiger partial charge in [0.05, 0.1) is 0 Å². The van der Waals surface area contributed by atoms with Crippen molar-refractivity contribution in [3.05, 3.63) is 0 Å². The minimum atomic E-state index is -0.461. The largest absolute Gasteiger partial charge is 0.370 e. The summed E-state index contributed by atoms with van der Waals surface area (Å²) in [6.45, 7) is 3.25. The second-order valence-corrected chi connectivity index (χ2v) is 4.05. The number of ether oxygens (including phenoxy) is 1. The monoisotopic (exact) mass is 214 g/mol. The SMILES string of the molecule is CCC1CCCCN1C(=O)C(CN)OC. The molecule has 1 saturated heterocycles. The Balaban J connectivity index is 2.62. The molecule has 0 bridgehead atoms. The summed E-state index contributed by atoms with van der Waals surface area (Å²) in [5.74, 6) is 0.0616. The van der Waals surface area contributed by atoms with Crippen LogP contribution < -0.4 is 5.73 Å². The molecule has 0 aromatic carbocycles. The highest BCUT2D eigenvalue weighted by Gasteiger charge is 2.29. The number of carbonyl (C=O) groups is 1.